The number of alkyl halides is 3. The minimum atomic E-state index is -4.54. The summed E-state index contributed by atoms with van der Waals surface area (Å²) in [6, 6.07) is 2.86. The highest BCUT2D eigenvalue weighted by molar-refractivity contribution is 6.31. The van der Waals surface area contributed by atoms with E-state index in [9.17, 15) is 27.9 Å². The summed E-state index contributed by atoms with van der Waals surface area (Å²) in [5.41, 5.74) is 3.55. The van der Waals surface area contributed by atoms with E-state index in [2.05, 4.69) is 0 Å². The summed E-state index contributed by atoms with van der Waals surface area (Å²) in [4.78, 5) is 22.9. The van der Waals surface area contributed by atoms with E-state index in [0.29, 0.717) is 0 Å². The second kappa shape index (κ2) is 5.60. The predicted molar refractivity (Wildman–Crippen MR) is 80.9 cm³/mol. The van der Waals surface area contributed by atoms with Gasteiger partial charge in [0.05, 0.1) is 11.5 Å². The summed E-state index contributed by atoms with van der Waals surface area (Å²) < 4.78 is 38.6. The van der Waals surface area contributed by atoms with Crippen molar-refractivity contribution in [1.29, 1.82) is 0 Å². The molecule has 2 aliphatic rings. The molecule has 1 aromatic carbocycles. The normalized spacial score (nSPS) is 33.8. The maximum Gasteiger partial charge on any atom is 0.416 e. The molecule has 5 atom stereocenters. The van der Waals surface area contributed by atoms with Gasteiger partial charge in [-0.2, -0.15) is 13.2 Å². The van der Waals surface area contributed by atoms with Gasteiger partial charge >= 0.3 is 18.1 Å². The lowest BCUT2D eigenvalue weighted by Crippen LogP contribution is -2.55. The average Bonchev–Trinajstić information content (AvgIpc) is 3.14. The van der Waals surface area contributed by atoms with Crippen LogP contribution in [0.1, 0.15) is 17.5 Å². The number of aliphatic carboxylic acids is 2. The first-order valence-electron chi connectivity index (χ1n) is 7.58. The lowest BCUT2D eigenvalue weighted by molar-refractivity contribution is -0.147. The third-order valence-electron chi connectivity index (χ3n) is 5.45. The Balaban J connectivity index is 1.89. The molecule has 5 nitrogen and oxygen atoms in total. The van der Waals surface area contributed by atoms with Gasteiger partial charge in [0.2, 0.25) is 0 Å². The van der Waals surface area contributed by atoms with Gasteiger partial charge < -0.3 is 15.9 Å². The quantitative estimate of drug-likeness (QED) is 0.749. The molecule has 0 aliphatic heterocycles. The van der Waals surface area contributed by atoms with E-state index in [1.54, 1.807) is 0 Å². The van der Waals surface area contributed by atoms with Crippen molar-refractivity contribution in [1.82, 2.24) is 0 Å². The van der Waals surface area contributed by atoms with Crippen LogP contribution in [0.5, 0.6) is 0 Å². The molecule has 25 heavy (non-hydrogen) atoms. The van der Waals surface area contributed by atoms with Gasteiger partial charge in [-0.3, -0.25) is 9.59 Å². The second-order valence-electron chi connectivity index (χ2n) is 6.73. The van der Waals surface area contributed by atoms with Gasteiger partial charge in [0.25, 0.3) is 0 Å². The third-order valence-corrected chi connectivity index (χ3v) is 5.82. The fourth-order valence-electron chi connectivity index (χ4n) is 4.19. The fraction of sp³-hybridized carbons (Fsp3) is 0.500. The van der Waals surface area contributed by atoms with Gasteiger partial charge in [-0.15, -0.1) is 0 Å². The maximum atomic E-state index is 12.9. The van der Waals surface area contributed by atoms with Crippen LogP contribution in [0.3, 0.4) is 0 Å². The Morgan fingerprint density at radius 2 is 1.96 bits per heavy atom. The zero-order valence-electron chi connectivity index (χ0n) is 12.8. The molecule has 0 amide bonds. The first kappa shape index (κ1) is 18.0. The Morgan fingerprint density at radius 1 is 1.32 bits per heavy atom. The van der Waals surface area contributed by atoms with Crippen LogP contribution in [0.4, 0.5) is 13.2 Å². The van der Waals surface area contributed by atoms with Gasteiger partial charge in [0, 0.05) is 10.9 Å². The standard InChI is InChI=1S/C16H15ClF3NO4/c17-10-2-1-7(16(18,19)20)3-6(10)4-8-5-9-11(13(22)23)12(9)15(8,21)14(24)25/h1-3,8-9,11-12H,4-5,21H2,(H,22,23)(H,24,25). The number of benzene rings is 1. The van der Waals surface area contributed by atoms with E-state index >= 15 is 0 Å². The number of carboxylic acids is 2. The summed E-state index contributed by atoms with van der Waals surface area (Å²) in [6.07, 6.45) is -4.36. The fourth-order valence-corrected chi connectivity index (χ4v) is 4.39. The van der Waals surface area contributed by atoms with Gasteiger partial charge in [0.15, 0.2) is 0 Å². The lowest BCUT2D eigenvalue weighted by Gasteiger charge is -2.31. The maximum absolute atomic E-state index is 12.9. The molecule has 0 saturated heterocycles. The Kier molecular flexibility index (Phi) is 4.04. The van der Waals surface area contributed by atoms with E-state index in [4.69, 9.17) is 22.4 Å². The lowest BCUT2D eigenvalue weighted by atomic mass is 9.78. The Labute approximate surface area is 145 Å². The summed E-state index contributed by atoms with van der Waals surface area (Å²) in [7, 11) is 0. The predicted octanol–water partition coefficient (Wildman–Crippen LogP) is 2.65. The zero-order chi connectivity index (χ0) is 18.7. The van der Waals surface area contributed by atoms with Gasteiger partial charge in [-0.05, 0) is 48.4 Å². The molecule has 2 saturated carbocycles. The molecule has 2 fully saturated rings. The van der Waals surface area contributed by atoms with E-state index < -0.39 is 47.0 Å². The molecule has 3 rings (SSSR count). The Morgan fingerprint density at radius 3 is 2.48 bits per heavy atom. The van der Waals surface area contributed by atoms with Crippen LogP contribution in [0.25, 0.3) is 0 Å². The number of carbonyl (C=O) groups is 2. The summed E-state index contributed by atoms with van der Waals surface area (Å²) in [5.74, 6) is -5.00. The van der Waals surface area contributed by atoms with Crippen molar-refractivity contribution in [3.63, 3.8) is 0 Å². The van der Waals surface area contributed by atoms with Gasteiger partial charge in [-0.1, -0.05) is 11.6 Å². The van der Waals surface area contributed by atoms with Gasteiger partial charge in [-0.25, -0.2) is 0 Å². The van der Waals surface area contributed by atoms with E-state index in [0.717, 1.165) is 18.2 Å². The third kappa shape index (κ3) is 2.77. The highest BCUT2D eigenvalue weighted by Crippen LogP contribution is 2.64. The summed E-state index contributed by atoms with van der Waals surface area (Å²) >= 11 is 5.97. The van der Waals surface area contributed by atoms with E-state index in [1.807, 2.05) is 0 Å². The van der Waals surface area contributed by atoms with Crippen molar-refractivity contribution in [3.05, 3.63) is 34.3 Å². The number of fused-ring (bicyclic) bond motifs is 1. The molecular weight excluding hydrogens is 363 g/mol. The van der Waals surface area contributed by atoms with E-state index in [-0.39, 0.29) is 29.3 Å². The highest BCUT2D eigenvalue weighted by Gasteiger charge is 2.73. The van der Waals surface area contributed by atoms with Crippen LogP contribution in [-0.2, 0) is 22.2 Å². The molecule has 2 aliphatic carbocycles. The molecule has 1 aromatic rings. The molecule has 4 N–H and O–H groups in total. The molecule has 136 valence electrons. The number of hydrogen-bond donors (Lipinski definition) is 3. The molecule has 0 aromatic heterocycles. The second-order valence-corrected chi connectivity index (χ2v) is 7.14. The number of carboxylic acid groups (broad SMARTS) is 2. The molecule has 0 heterocycles. The first-order valence-corrected chi connectivity index (χ1v) is 7.96. The summed E-state index contributed by atoms with van der Waals surface area (Å²) in [6.45, 7) is 0. The SMILES string of the molecule is NC1(C(=O)O)C(Cc2cc(C(F)(F)F)ccc2Cl)CC2C(C(=O)O)C21. The van der Waals surface area contributed by atoms with Crippen LogP contribution in [0, 0.1) is 23.7 Å². The zero-order valence-corrected chi connectivity index (χ0v) is 13.5. The first-order chi connectivity index (χ1) is 11.5. The minimum absolute atomic E-state index is 0.0507. The Bertz CT molecular complexity index is 753. The van der Waals surface area contributed by atoms with Crippen molar-refractivity contribution in [2.75, 3.05) is 0 Å². The average molecular weight is 378 g/mol. The van der Waals surface area contributed by atoms with Crippen LogP contribution < -0.4 is 5.73 Å². The van der Waals surface area contributed by atoms with Crippen LogP contribution in [0.15, 0.2) is 18.2 Å². The smallest absolute Gasteiger partial charge is 0.416 e. The van der Waals surface area contributed by atoms with Crippen molar-refractivity contribution in [2.45, 2.75) is 24.6 Å². The topological polar surface area (TPSA) is 101 Å². The number of halogens is 4. The van der Waals surface area contributed by atoms with Crippen molar-refractivity contribution in [3.8, 4) is 0 Å². The van der Waals surface area contributed by atoms with Crippen molar-refractivity contribution >= 4 is 23.5 Å². The molecule has 5 unspecified atom stereocenters. The molecule has 0 spiro atoms. The molecular formula is C16H15ClF3NO4. The van der Waals surface area contributed by atoms with E-state index in [1.165, 1.54) is 0 Å². The number of nitrogens with two attached hydrogens (primary N) is 1. The molecule has 9 heteroatoms. The largest absolute Gasteiger partial charge is 0.481 e. The molecule has 0 radical (unpaired) electrons. The van der Waals surface area contributed by atoms with Crippen LogP contribution >= 0.6 is 11.6 Å². The van der Waals surface area contributed by atoms with Crippen molar-refractivity contribution in [2.24, 2.45) is 29.4 Å². The molecule has 0 bridgehead atoms. The van der Waals surface area contributed by atoms with Gasteiger partial charge in [0.1, 0.15) is 5.54 Å². The van der Waals surface area contributed by atoms with Crippen LogP contribution in [-0.4, -0.2) is 27.7 Å². The highest BCUT2D eigenvalue weighted by atomic mass is 35.5. The van der Waals surface area contributed by atoms with Crippen molar-refractivity contribution < 1.29 is 33.0 Å². The Hall–Kier alpha value is -1.80. The monoisotopic (exact) mass is 377 g/mol. The minimum Gasteiger partial charge on any atom is -0.481 e. The number of hydrogen-bond acceptors (Lipinski definition) is 3. The van der Waals surface area contributed by atoms with Crippen LogP contribution in [0.2, 0.25) is 5.02 Å². The number of rotatable bonds is 4. The summed E-state index contributed by atoms with van der Waals surface area (Å²) in [5, 5.41) is 18.8.